The van der Waals surface area contributed by atoms with Gasteiger partial charge in [0.05, 0.1) is 18.6 Å². The zero-order valence-electron chi connectivity index (χ0n) is 17.8. The van der Waals surface area contributed by atoms with E-state index in [0.29, 0.717) is 63.4 Å². The molecule has 0 bridgehead atoms. The molecule has 0 radical (unpaired) electrons. The molecule has 1 spiro atoms. The fourth-order valence-corrected chi connectivity index (χ4v) is 4.50. The number of carbonyl (C=O) groups excluding carboxylic acids is 2. The topological polar surface area (TPSA) is 88.5 Å². The molecule has 2 amide bonds. The van der Waals surface area contributed by atoms with Crippen molar-refractivity contribution in [3.8, 4) is 0 Å². The monoisotopic (exact) mass is 431 g/mol. The van der Waals surface area contributed by atoms with Gasteiger partial charge in [-0.25, -0.2) is 9.97 Å². The van der Waals surface area contributed by atoms with E-state index in [0.717, 1.165) is 10.9 Å². The molecule has 3 aromatic heterocycles. The highest BCUT2D eigenvalue weighted by atomic mass is 16.5. The van der Waals surface area contributed by atoms with E-state index in [2.05, 4.69) is 15.0 Å². The zero-order chi connectivity index (χ0) is 22.0. The van der Waals surface area contributed by atoms with Crippen molar-refractivity contribution in [1.29, 1.82) is 0 Å². The maximum absolute atomic E-state index is 13.0. The Bertz CT molecular complexity index is 1130. The predicted molar refractivity (Wildman–Crippen MR) is 118 cm³/mol. The van der Waals surface area contributed by atoms with Crippen LogP contribution in [-0.2, 0) is 16.0 Å². The van der Waals surface area contributed by atoms with Gasteiger partial charge in [0.1, 0.15) is 5.69 Å². The lowest BCUT2D eigenvalue weighted by Crippen LogP contribution is -2.58. The van der Waals surface area contributed by atoms with Gasteiger partial charge < -0.3 is 14.5 Å². The van der Waals surface area contributed by atoms with Gasteiger partial charge in [-0.15, -0.1) is 0 Å². The van der Waals surface area contributed by atoms with Crippen LogP contribution in [0, 0.1) is 0 Å². The van der Waals surface area contributed by atoms with Crippen molar-refractivity contribution in [2.24, 2.45) is 0 Å². The van der Waals surface area contributed by atoms with Crippen molar-refractivity contribution in [3.05, 3.63) is 66.2 Å². The van der Waals surface area contributed by atoms with Crippen LogP contribution in [-0.4, -0.2) is 75.0 Å². The molecule has 2 aliphatic heterocycles. The first-order valence-electron chi connectivity index (χ1n) is 10.9. The molecule has 2 fully saturated rings. The fraction of sp³-hybridized carbons (Fsp3) is 0.375. The Morgan fingerprint density at radius 1 is 1.00 bits per heavy atom. The summed E-state index contributed by atoms with van der Waals surface area (Å²) in [6.45, 7) is 2.82. The lowest BCUT2D eigenvalue weighted by atomic mass is 9.89. The first-order valence-corrected chi connectivity index (χ1v) is 10.9. The number of morpholine rings is 1. The molecule has 0 unspecified atom stereocenters. The highest BCUT2D eigenvalue weighted by Crippen LogP contribution is 2.31. The van der Waals surface area contributed by atoms with Crippen LogP contribution in [0.15, 0.2) is 55.0 Å². The van der Waals surface area contributed by atoms with Crippen LogP contribution in [0.3, 0.4) is 0 Å². The smallest absolute Gasteiger partial charge is 0.272 e. The van der Waals surface area contributed by atoms with Crippen LogP contribution in [0.1, 0.15) is 28.9 Å². The van der Waals surface area contributed by atoms with Gasteiger partial charge in [0, 0.05) is 50.2 Å². The summed E-state index contributed by atoms with van der Waals surface area (Å²) in [6.07, 6.45) is 6.85. The van der Waals surface area contributed by atoms with Crippen LogP contribution in [0.2, 0.25) is 0 Å². The molecule has 0 N–H and O–H groups in total. The van der Waals surface area contributed by atoms with Gasteiger partial charge in [0.25, 0.3) is 5.91 Å². The SMILES string of the molecule is O=C(Cc1cccnc1)N1CCOC2(CCN(C(=O)c3ccc4cccnc4n3)CC2)C1. The number of carbonyl (C=O) groups is 2. The van der Waals surface area contributed by atoms with E-state index in [1.54, 1.807) is 24.7 Å². The Hall–Kier alpha value is -3.39. The molecule has 8 heteroatoms. The van der Waals surface area contributed by atoms with Crippen LogP contribution in [0.4, 0.5) is 0 Å². The second kappa shape index (κ2) is 8.63. The zero-order valence-corrected chi connectivity index (χ0v) is 17.8. The van der Waals surface area contributed by atoms with Crippen molar-refractivity contribution < 1.29 is 14.3 Å². The minimum atomic E-state index is -0.391. The summed E-state index contributed by atoms with van der Waals surface area (Å²) in [6, 6.07) is 11.2. The van der Waals surface area contributed by atoms with Crippen molar-refractivity contribution in [3.63, 3.8) is 0 Å². The van der Waals surface area contributed by atoms with Crippen molar-refractivity contribution in [2.45, 2.75) is 24.9 Å². The number of hydrogen-bond acceptors (Lipinski definition) is 6. The summed E-state index contributed by atoms with van der Waals surface area (Å²) in [5.41, 5.74) is 1.50. The number of rotatable bonds is 3. The quantitative estimate of drug-likeness (QED) is 0.631. The molecule has 5 heterocycles. The van der Waals surface area contributed by atoms with E-state index in [4.69, 9.17) is 4.74 Å². The van der Waals surface area contributed by atoms with Crippen molar-refractivity contribution >= 4 is 22.8 Å². The third-order valence-corrected chi connectivity index (χ3v) is 6.32. The van der Waals surface area contributed by atoms with Gasteiger partial charge in [-0.2, -0.15) is 0 Å². The molecule has 8 nitrogen and oxygen atoms in total. The summed E-state index contributed by atoms with van der Waals surface area (Å²) in [5, 5.41) is 0.910. The maximum atomic E-state index is 13.0. The van der Waals surface area contributed by atoms with Crippen LogP contribution in [0.5, 0.6) is 0 Å². The van der Waals surface area contributed by atoms with E-state index in [1.807, 2.05) is 40.1 Å². The number of ether oxygens (including phenoxy) is 1. The maximum Gasteiger partial charge on any atom is 0.272 e. The molecule has 2 saturated heterocycles. The largest absolute Gasteiger partial charge is 0.371 e. The summed E-state index contributed by atoms with van der Waals surface area (Å²) in [5.74, 6) is -0.000215. The molecule has 0 atom stereocenters. The average Bonchev–Trinajstić information content (AvgIpc) is 2.84. The van der Waals surface area contributed by atoms with E-state index >= 15 is 0 Å². The minimum Gasteiger partial charge on any atom is -0.371 e. The lowest BCUT2D eigenvalue weighted by molar-refractivity contribution is -0.157. The van der Waals surface area contributed by atoms with Gasteiger partial charge in [0.2, 0.25) is 5.91 Å². The van der Waals surface area contributed by atoms with Gasteiger partial charge >= 0.3 is 0 Å². The number of pyridine rings is 3. The molecule has 0 aromatic carbocycles. The van der Waals surface area contributed by atoms with Gasteiger partial charge in [0.15, 0.2) is 5.65 Å². The Kier molecular flexibility index (Phi) is 5.53. The van der Waals surface area contributed by atoms with Gasteiger partial charge in [-0.05, 0) is 48.7 Å². The summed E-state index contributed by atoms with van der Waals surface area (Å²) in [4.78, 5) is 42.3. The van der Waals surface area contributed by atoms with Crippen LogP contribution in [0.25, 0.3) is 11.0 Å². The van der Waals surface area contributed by atoms with Crippen LogP contribution < -0.4 is 0 Å². The number of likely N-dealkylation sites (tertiary alicyclic amines) is 1. The molecule has 3 aromatic rings. The minimum absolute atomic E-state index is 0.0899. The molecular weight excluding hydrogens is 406 g/mol. The lowest BCUT2D eigenvalue weighted by Gasteiger charge is -2.47. The van der Waals surface area contributed by atoms with Crippen molar-refractivity contribution in [2.75, 3.05) is 32.8 Å². The van der Waals surface area contributed by atoms with Gasteiger partial charge in [-0.1, -0.05) is 6.07 Å². The average molecular weight is 431 g/mol. The third kappa shape index (κ3) is 4.18. The highest BCUT2D eigenvalue weighted by Gasteiger charge is 2.42. The summed E-state index contributed by atoms with van der Waals surface area (Å²) < 4.78 is 6.16. The number of aromatic nitrogens is 3. The normalized spacial score (nSPS) is 18.1. The molecule has 5 rings (SSSR count). The second-order valence-electron chi connectivity index (χ2n) is 8.42. The molecule has 0 aliphatic carbocycles. The van der Waals surface area contributed by atoms with Crippen LogP contribution >= 0.6 is 0 Å². The number of hydrogen-bond donors (Lipinski definition) is 0. The Morgan fingerprint density at radius 2 is 1.84 bits per heavy atom. The third-order valence-electron chi connectivity index (χ3n) is 6.32. The number of fused-ring (bicyclic) bond motifs is 1. The molecule has 2 aliphatic rings. The van der Waals surface area contributed by atoms with E-state index in [1.165, 1.54) is 0 Å². The van der Waals surface area contributed by atoms with Gasteiger partial charge in [-0.3, -0.25) is 14.6 Å². The van der Waals surface area contributed by atoms with E-state index in [-0.39, 0.29) is 11.8 Å². The first kappa shape index (κ1) is 20.5. The first-order chi connectivity index (χ1) is 15.6. The van der Waals surface area contributed by atoms with E-state index < -0.39 is 5.60 Å². The number of amides is 2. The molecule has 164 valence electrons. The van der Waals surface area contributed by atoms with E-state index in [9.17, 15) is 9.59 Å². The molecular formula is C24H25N5O3. The summed E-state index contributed by atoms with van der Waals surface area (Å²) >= 11 is 0. The van der Waals surface area contributed by atoms with Crippen molar-refractivity contribution in [1.82, 2.24) is 24.8 Å². The Morgan fingerprint density at radius 3 is 2.66 bits per heavy atom. The predicted octanol–water partition coefficient (Wildman–Crippen LogP) is 2.10. The number of piperidine rings is 1. The number of nitrogens with zero attached hydrogens (tertiary/aromatic N) is 5. The molecule has 0 saturated carbocycles. The fourth-order valence-electron chi connectivity index (χ4n) is 4.50. The Labute approximate surface area is 186 Å². The Balaban J connectivity index is 1.22. The highest BCUT2D eigenvalue weighted by molar-refractivity contribution is 5.94. The molecule has 32 heavy (non-hydrogen) atoms. The second-order valence-corrected chi connectivity index (χ2v) is 8.42. The standard InChI is InChI=1S/C24H25N5O3/c30-21(15-18-3-1-9-25-16-18)29-13-14-32-24(17-29)7-11-28(12-8-24)23(31)20-6-5-19-4-2-10-26-22(19)27-20/h1-6,9-10,16H,7-8,11-15,17H2. The summed E-state index contributed by atoms with van der Waals surface area (Å²) in [7, 11) is 0.